The highest BCUT2D eigenvalue weighted by Crippen LogP contribution is 2.42. The average Bonchev–Trinajstić information content (AvgIpc) is 2.86. The molecule has 0 heterocycles. The van der Waals surface area contributed by atoms with Gasteiger partial charge in [0.05, 0.1) is 16.1 Å². The molecule has 0 aliphatic rings. The van der Waals surface area contributed by atoms with Crippen LogP contribution in [0.25, 0.3) is 54.6 Å². The van der Waals surface area contributed by atoms with Gasteiger partial charge in [-0.3, -0.25) is 0 Å². The molecule has 0 saturated heterocycles. The van der Waals surface area contributed by atoms with Crippen LogP contribution in [0.1, 0.15) is 0 Å². The first kappa shape index (κ1) is 23.2. The van der Waals surface area contributed by atoms with Crippen molar-refractivity contribution in [1.82, 2.24) is 0 Å². The largest absolute Gasteiger partial charge is 0.0775 e. The molecule has 36 heavy (non-hydrogen) atoms. The summed E-state index contributed by atoms with van der Waals surface area (Å²) in [6.07, 6.45) is 0. The molecule has 0 nitrogen and oxygen atoms in total. The zero-order valence-corrected chi connectivity index (χ0v) is 24.2. The van der Waals surface area contributed by atoms with E-state index in [2.05, 4.69) is 136 Å². The lowest BCUT2D eigenvalue weighted by molar-refractivity contribution is 1.64. The number of hydrogen-bond acceptors (Lipinski definition) is 0. The van der Waals surface area contributed by atoms with Gasteiger partial charge in [-0.15, -0.1) is 0 Å². The van der Waals surface area contributed by atoms with Crippen molar-refractivity contribution in [1.29, 1.82) is 0 Å². The van der Waals surface area contributed by atoms with Crippen LogP contribution < -0.4 is 10.4 Å². The Morgan fingerprint density at radius 1 is 0.361 bits per heavy atom. The summed E-state index contributed by atoms with van der Waals surface area (Å²) in [4.78, 5) is 0. The molecule has 178 valence electrons. The van der Waals surface area contributed by atoms with Gasteiger partial charge in [-0.1, -0.05) is 147 Å². The SMILES string of the molecule is C[Si](C)(C)c1ccc(-c2ccc3ccc4c(-c5ccc([Si](C)(C)C)cc5)ccc5ccc2c3c54)cc1. The lowest BCUT2D eigenvalue weighted by Gasteiger charge is -2.19. The maximum atomic E-state index is 2.41. The minimum absolute atomic E-state index is 1.30. The van der Waals surface area contributed by atoms with Crippen molar-refractivity contribution in [3.63, 3.8) is 0 Å². The maximum Gasteiger partial charge on any atom is 0.0775 e. The van der Waals surface area contributed by atoms with Crippen LogP contribution in [0.4, 0.5) is 0 Å². The molecular weight excluding hydrogens is 465 g/mol. The lowest BCUT2D eigenvalue weighted by atomic mass is 9.87. The van der Waals surface area contributed by atoms with Crippen molar-refractivity contribution in [3.8, 4) is 22.3 Å². The van der Waals surface area contributed by atoms with Gasteiger partial charge in [0.15, 0.2) is 0 Å². The van der Waals surface area contributed by atoms with Gasteiger partial charge < -0.3 is 0 Å². The summed E-state index contributed by atoms with van der Waals surface area (Å²) in [6, 6.07) is 37.2. The molecule has 0 bridgehead atoms. The highest BCUT2D eigenvalue weighted by atomic mass is 28.3. The number of rotatable bonds is 4. The molecule has 0 fully saturated rings. The van der Waals surface area contributed by atoms with E-state index in [9.17, 15) is 0 Å². The first-order valence-electron chi connectivity index (χ1n) is 13.0. The molecule has 0 spiro atoms. The lowest BCUT2D eigenvalue weighted by Crippen LogP contribution is -2.37. The molecule has 0 amide bonds. The van der Waals surface area contributed by atoms with Crippen LogP contribution in [-0.2, 0) is 0 Å². The van der Waals surface area contributed by atoms with E-state index in [0.29, 0.717) is 0 Å². The van der Waals surface area contributed by atoms with Crippen LogP contribution in [0.15, 0.2) is 97.1 Å². The standard InChI is InChI=1S/C34H34Si2/c1-35(2,3)27-15-7-23(8-16-27)29-19-11-25-14-22-32-30(24-9-17-28(18-10-24)36(4,5)6)20-12-26-13-21-31(29)33(25)34(26)32/h7-22H,1-6H3. The van der Waals surface area contributed by atoms with Crippen LogP contribution in [-0.4, -0.2) is 16.1 Å². The Labute approximate surface area is 217 Å². The van der Waals surface area contributed by atoms with E-state index in [-0.39, 0.29) is 0 Å². The first-order chi connectivity index (χ1) is 17.1. The minimum atomic E-state index is -1.31. The fourth-order valence-corrected chi connectivity index (χ4v) is 7.94. The maximum absolute atomic E-state index is 2.41. The molecule has 2 heteroatoms. The van der Waals surface area contributed by atoms with Crippen LogP contribution in [0.3, 0.4) is 0 Å². The van der Waals surface area contributed by atoms with E-state index in [0.717, 1.165) is 0 Å². The second kappa shape index (κ2) is 8.16. The summed E-state index contributed by atoms with van der Waals surface area (Å²) < 4.78 is 0. The molecular formula is C34H34Si2. The van der Waals surface area contributed by atoms with Crippen molar-refractivity contribution in [2.24, 2.45) is 0 Å². The molecule has 0 atom stereocenters. The predicted octanol–water partition coefficient (Wildman–Crippen LogP) is 9.01. The van der Waals surface area contributed by atoms with Crippen LogP contribution >= 0.6 is 0 Å². The fraction of sp³-hybridized carbons (Fsp3) is 0.176. The van der Waals surface area contributed by atoms with E-state index in [1.165, 1.54) is 64.9 Å². The van der Waals surface area contributed by atoms with Crippen molar-refractivity contribution in [3.05, 3.63) is 97.1 Å². The molecule has 0 radical (unpaired) electrons. The minimum Gasteiger partial charge on any atom is -0.0656 e. The van der Waals surface area contributed by atoms with E-state index in [4.69, 9.17) is 0 Å². The summed E-state index contributed by atoms with van der Waals surface area (Å²) in [7, 11) is -2.63. The van der Waals surface area contributed by atoms with Gasteiger partial charge in [0.2, 0.25) is 0 Å². The first-order valence-corrected chi connectivity index (χ1v) is 20.0. The molecule has 0 N–H and O–H groups in total. The van der Waals surface area contributed by atoms with Gasteiger partial charge in [0.25, 0.3) is 0 Å². The van der Waals surface area contributed by atoms with E-state index in [1.54, 1.807) is 0 Å². The van der Waals surface area contributed by atoms with Crippen LogP contribution in [0.2, 0.25) is 39.3 Å². The molecule has 0 aliphatic carbocycles. The highest BCUT2D eigenvalue weighted by molar-refractivity contribution is 6.89. The van der Waals surface area contributed by atoms with Gasteiger partial charge in [0, 0.05) is 0 Å². The van der Waals surface area contributed by atoms with Crippen molar-refractivity contribution >= 4 is 58.8 Å². The second-order valence-corrected chi connectivity index (χ2v) is 22.5. The van der Waals surface area contributed by atoms with E-state index in [1.807, 2.05) is 0 Å². The Morgan fingerprint density at radius 3 is 1.03 bits per heavy atom. The molecule has 6 aromatic rings. The monoisotopic (exact) mass is 498 g/mol. The summed E-state index contributed by atoms with van der Waals surface area (Å²) in [5.41, 5.74) is 5.25. The van der Waals surface area contributed by atoms with Crippen LogP contribution in [0, 0.1) is 0 Å². The zero-order chi connectivity index (χ0) is 25.2. The summed E-state index contributed by atoms with van der Waals surface area (Å²) >= 11 is 0. The molecule has 0 aliphatic heterocycles. The topological polar surface area (TPSA) is 0 Å². The fourth-order valence-electron chi connectivity index (χ4n) is 5.60. The highest BCUT2D eigenvalue weighted by Gasteiger charge is 2.19. The Morgan fingerprint density at radius 2 is 0.694 bits per heavy atom. The molecule has 6 rings (SSSR count). The summed E-state index contributed by atoms with van der Waals surface area (Å²) in [6.45, 7) is 14.5. The molecule has 6 aromatic carbocycles. The van der Waals surface area contributed by atoms with E-state index >= 15 is 0 Å². The molecule has 0 unspecified atom stereocenters. The smallest absolute Gasteiger partial charge is 0.0656 e. The quantitative estimate of drug-likeness (QED) is 0.168. The van der Waals surface area contributed by atoms with Gasteiger partial charge in [-0.25, -0.2) is 0 Å². The van der Waals surface area contributed by atoms with Gasteiger partial charge in [-0.2, -0.15) is 0 Å². The summed E-state index contributed by atoms with van der Waals surface area (Å²) in [5, 5.41) is 11.1. The third-order valence-corrected chi connectivity index (χ3v) is 11.9. The van der Waals surface area contributed by atoms with Crippen molar-refractivity contribution in [2.75, 3.05) is 0 Å². The van der Waals surface area contributed by atoms with Crippen molar-refractivity contribution in [2.45, 2.75) is 39.3 Å². The molecule has 0 saturated carbocycles. The van der Waals surface area contributed by atoms with Gasteiger partial charge >= 0.3 is 0 Å². The van der Waals surface area contributed by atoms with Gasteiger partial charge in [-0.05, 0) is 54.6 Å². The number of benzene rings is 6. The second-order valence-electron chi connectivity index (χ2n) is 12.3. The number of hydrogen-bond donors (Lipinski definition) is 0. The Balaban J connectivity index is 1.56. The van der Waals surface area contributed by atoms with E-state index < -0.39 is 16.1 Å². The van der Waals surface area contributed by atoms with Crippen LogP contribution in [0.5, 0.6) is 0 Å². The third-order valence-electron chi connectivity index (χ3n) is 7.79. The van der Waals surface area contributed by atoms with Crippen molar-refractivity contribution < 1.29 is 0 Å². The predicted molar refractivity (Wildman–Crippen MR) is 167 cm³/mol. The average molecular weight is 499 g/mol. The Bertz CT molecular complexity index is 1580. The molecule has 0 aromatic heterocycles. The third kappa shape index (κ3) is 3.80. The normalized spacial score (nSPS) is 12.7. The van der Waals surface area contributed by atoms with Gasteiger partial charge in [0.1, 0.15) is 0 Å². The summed E-state index contributed by atoms with van der Waals surface area (Å²) in [5.74, 6) is 0. The Kier molecular flexibility index (Phi) is 5.26. The Hall–Kier alpha value is -3.21. The zero-order valence-electron chi connectivity index (χ0n) is 22.2.